The molecule has 2 rings (SSSR count). The van der Waals surface area contributed by atoms with Crippen LogP contribution in [-0.4, -0.2) is 23.6 Å². The predicted octanol–water partition coefficient (Wildman–Crippen LogP) is 2.90. The normalized spacial score (nSPS) is 10.1. The number of halogens is 1. The number of nitrogens with one attached hydrogen (secondary N) is 1. The topological polar surface area (TPSA) is 47.0 Å². The number of methoxy groups -OCH3 is 1. The second-order valence-corrected chi connectivity index (χ2v) is 4.67. The van der Waals surface area contributed by atoms with Gasteiger partial charge in [0.15, 0.2) is 0 Å². The fourth-order valence-electron chi connectivity index (χ4n) is 1.51. The summed E-state index contributed by atoms with van der Waals surface area (Å²) in [7, 11) is 1.67. The number of nitrogens with zero attached hydrogens (tertiary/aromatic N) is 2. The lowest BCUT2D eigenvalue weighted by Crippen LogP contribution is -2.07. The predicted molar refractivity (Wildman–Crippen MR) is 74.9 cm³/mol. The van der Waals surface area contributed by atoms with Crippen molar-refractivity contribution < 1.29 is 4.74 Å². The summed E-state index contributed by atoms with van der Waals surface area (Å²) in [5.41, 5.74) is 1.25. The first kappa shape index (κ1) is 12.8. The molecule has 4 nitrogen and oxygen atoms in total. The van der Waals surface area contributed by atoms with Gasteiger partial charge in [-0.25, -0.2) is 9.97 Å². The second kappa shape index (κ2) is 6.35. The first-order valence-electron chi connectivity index (χ1n) is 5.62. The first-order valence-corrected chi connectivity index (χ1v) is 6.41. The van der Waals surface area contributed by atoms with Crippen LogP contribution in [0.2, 0.25) is 0 Å². The Labute approximate surface area is 115 Å². The third-order valence-electron chi connectivity index (χ3n) is 2.48. The summed E-state index contributed by atoms with van der Waals surface area (Å²) >= 11 is 3.30. The van der Waals surface area contributed by atoms with Crippen molar-refractivity contribution in [2.75, 3.05) is 19.0 Å². The molecular formula is C13H14BrN3O. The van der Waals surface area contributed by atoms with Crippen LogP contribution in [0.5, 0.6) is 5.75 Å². The molecule has 94 valence electrons. The summed E-state index contributed by atoms with van der Waals surface area (Å²) < 4.78 is 5.99. The summed E-state index contributed by atoms with van der Waals surface area (Å²) in [4.78, 5) is 8.30. The molecule has 0 aliphatic carbocycles. The maximum atomic E-state index is 5.11. The van der Waals surface area contributed by atoms with E-state index in [-0.39, 0.29) is 0 Å². The molecule has 0 saturated heterocycles. The molecule has 0 atom stereocenters. The van der Waals surface area contributed by atoms with E-state index in [4.69, 9.17) is 4.74 Å². The highest BCUT2D eigenvalue weighted by Crippen LogP contribution is 2.12. The van der Waals surface area contributed by atoms with E-state index < -0.39 is 0 Å². The Morgan fingerprint density at radius 1 is 1.17 bits per heavy atom. The average Bonchev–Trinajstić information content (AvgIpc) is 2.42. The standard InChI is InChI=1S/C13H14BrN3O/c1-18-12-4-2-10(3-5-12)6-7-15-13-16-8-11(14)9-17-13/h2-5,8-9H,6-7H2,1H3,(H,15,16,17). The van der Waals surface area contributed by atoms with Gasteiger partial charge in [-0.05, 0) is 40.0 Å². The van der Waals surface area contributed by atoms with E-state index >= 15 is 0 Å². The van der Waals surface area contributed by atoms with Crippen LogP contribution in [0.15, 0.2) is 41.1 Å². The Kier molecular flexibility index (Phi) is 4.52. The van der Waals surface area contributed by atoms with Crippen LogP contribution in [0.25, 0.3) is 0 Å². The van der Waals surface area contributed by atoms with E-state index in [1.165, 1.54) is 5.56 Å². The smallest absolute Gasteiger partial charge is 0.222 e. The lowest BCUT2D eigenvalue weighted by atomic mass is 10.1. The summed E-state index contributed by atoms with van der Waals surface area (Å²) in [5.74, 6) is 1.52. The Balaban J connectivity index is 1.82. The molecule has 1 heterocycles. The maximum Gasteiger partial charge on any atom is 0.222 e. The van der Waals surface area contributed by atoms with Gasteiger partial charge in [0.25, 0.3) is 0 Å². The van der Waals surface area contributed by atoms with Crippen molar-refractivity contribution in [3.8, 4) is 5.75 Å². The Hall–Kier alpha value is -1.62. The summed E-state index contributed by atoms with van der Waals surface area (Å²) in [6.45, 7) is 0.800. The number of anilines is 1. The van der Waals surface area contributed by atoms with E-state index in [0.29, 0.717) is 5.95 Å². The minimum Gasteiger partial charge on any atom is -0.497 e. The van der Waals surface area contributed by atoms with Gasteiger partial charge in [0.1, 0.15) is 5.75 Å². The second-order valence-electron chi connectivity index (χ2n) is 3.75. The van der Waals surface area contributed by atoms with Gasteiger partial charge in [-0.15, -0.1) is 0 Å². The summed E-state index contributed by atoms with van der Waals surface area (Å²) in [6, 6.07) is 8.04. The molecule has 0 unspecified atom stereocenters. The van der Waals surface area contributed by atoms with Gasteiger partial charge in [-0.3, -0.25) is 0 Å². The molecule has 5 heteroatoms. The SMILES string of the molecule is COc1ccc(CCNc2ncc(Br)cn2)cc1. The average molecular weight is 308 g/mol. The molecule has 1 aromatic heterocycles. The fourth-order valence-corrected chi connectivity index (χ4v) is 1.72. The quantitative estimate of drug-likeness (QED) is 0.922. The molecule has 18 heavy (non-hydrogen) atoms. The van der Waals surface area contributed by atoms with Crippen molar-refractivity contribution in [1.82, 2.24) is 9.97 Å². The van der Waals surface area contributed by atoms with Crippen LogP contribution in [0.3, 0.4) is 0 Å². The summed E-state index contributed by atoms with van der Waals surface area (Å²) in [5, 5.41) is 3.17. The fraction of sp³-hybridized carbons (Fsp3) is 0.231. The first-order chi connectivity index (χ1) is 8.78. The van der Waals surface area contributed by atoms with Crippen LogP contribution in [-0.2, 0) is 6.42 Å². The van der Waals surface area contributed by atoms with Crippen LogP contribution in [0, 0.1) is 0 Å². The van der Waals surface area contributed by atoms with Crippen molar-refractivity contribution in [2.24, 2.45) is 0 Å². The zero-order valence-corrected chi connectivity index (χ0v) is 11.6. The molecule has 0 aliphatic heterocycles. The zero-order chi connectivity index (χ0) is 12.8. The third kappa shape index (κ3) is 3.70. The molecule has 0 aliphatic rings. The highest BCUT2D eigenvalue weighted by molar-refractivity contribution is 9.10. The molecule has 0 amide bonds. The van der Waals surface area contributed by atoms with E-state index in [1.807, 2.05) is 12.1 Å². The lowest BCUT2D eigenvalue weighted by molar-refractivity contribution is 0.414. The van der Waals surface area contributed by atoms with Crippen LogP contribution < -0.4 is 10.1 Å². The van der Waals surface area contributed by atoms with Gasteiger partial charge >= 0.3 is 0 Å². The highest BCUT2D eigenvalue weighted by Gasteiger charge is 1.97. The zero-order valence-electron chi connectivity index (χ0n) is 10.1. The lowest BCUT2D eigenvalue weighted by Gasteiger charge is -2.05. The molecule has 0 saturated carbocycles. The summed E-state index contributed by atoms with van der Waals surface area (Å²) in [6.07, 6.45) is 4.37. The molecule has 0 fully saturated rings. The largest absolute Gasteiger partial charge is 0.497 e. The minimum absolute atomic E-state index is 0.645. The highest BCUT2D eigenvalue weighted by atomic mass is 79.9. The Morgan fingerprint density at radius 2 is 1.83 bits per heavy atom. The van der Waals surface area contributed by atoms with Gasteiger partial charge in [0.2, 0.25) is 5.95 Å². The number of ether oxygens (including phenoxy) is 1. The van der Waals surface area contributed by atoms with Gasteiger partial charge in [-0.2, -0.15) is 0 Å². The van der Waals surface area contributed by atoms with Gasteiger partial charge in [-0.1, -0.05) is 12.1 Å². The monoisotopic (exact) mass is 307 g/mol. The molecule has 0 spiro atoms. The number of aromatic nitrogens is 2. The number of benzene rings is 1. The van der Waals surface area contributed by atoms with Crippen LogP contribution in [0.1, 0.15) is 5.56 Å². The van der Waals surface area contributed by atoms with Crippen LogP contribution >= 0.6 is 15.9 Å². The van der Waals surface area contributed by atoms with Gasteiger partial charge in [0, 0.05) is 18.9 Å². The number of rotatable bonds is 5. The molecule has 0 radical (unpaired) electrons. The molecule has 0 bridgehead atoms. The number of hydrogen-bond donors (Lipinski definition) is 1. The van der Waals surface area contributed by atoms with E-state index in [1.54, 1.807) is 19.5 Å². The van der Waals surface area contributed by atoms with Gasteiger partial charge in [0.05, 0.1) is 11.6 Å². The van der Waals surface area contributed by atoms with Crippen molar-refractivity contribution in [2.45, 2.75) is 6.42 Å². The van der Waals surface area contributed by atoms with Crippen molar-refractivity contribution in [3.05, 3.63) is 46.7 Å². The van der Waals surface area contributed by atoms with Gasteiger partial charge < -0.3 is 10.1 Å². The third-order valence-corrected chi connectivity index (χ3v) is 2.89. The number of hydrogen-bond acceptors (Lipinski definition) is 4. The molecule has 1 N–H and O–H groups in total. The Morgan fingerprint density at radius 3 is 2.44 bits per heavy atom. The van der Waals surface area contributed by atoms with E-state index in [2.05, 4.69) is 43.3 Å². The van der Waals surface area contributed by atoms with Crippen molar-refractivity contribution >= 4 is 21.9 Å². The van der Waals surface area contributed by atoms with E-state index in [9.17, 15) is 0 Å². The van der Waals surface area contributed by atoms with E-state index in [0.717, 1.165) is 23.2 Å². The molecule has 1 aromatic carbocycles. The molecular weight excluding hydrogens is 294 g/mol. The Bertz CT molecular complexity index is 485. The molecule has 2 aromatic rings. The van der Waals surface area contributed by atoms with Crippen molar-refractivity contribution in [1.29, 1.82) is 0 Å². The maximum absolute atomic E-state index is 5.11. The minimum atomic E-state index is 0.645. The van der Waals surface area contributed by atoms with Crippen LogP contribution in [0.4, 0.5) is 5.95 Å². The van der Waals surface area contributed by atoms with Crippen molar-refractivity contribution in [3.63, 3.8) is 0 Å².